The summed E-state index contributed by atoms with van der Waals surface area (Å²) in [6.07, 6.45) is -0.278. The lowest BCUT2D eigenvalue weighted by Gasteiger charge is -2.22. The third-order valence-corrected chi connectivity index (χ3v) is 6.72. The standard InChI is InChI=1S/C23H20BrNO3S/c1-14-3-6-16(7-4-14)13-25-19-9-8-17(24)11-18(19)23(28,22(25)27)12-20(26)21-10-5-15(2)29-21/h3-11,28H,12-13H2,1-2H3. The van der Waals surface area contributed by atoms with Gasteiger partial charge in [-0.2, -0.15) is 0 Å². The fourth-order valence-electron chi connectivity index (χ4n) is 3.63. The van der Waals surface area contributed by atoms with Crippen molar-refractivity contribution in [3.63, 3.8) is 0 Å². The number of hydrogen-bond donors (Lipinski definition) is 1. The van der Waals surface area contributed by atoms with Gasteiger partial charge in [0.2, 0.25) is 0 Å². The van der Waals surface area contributed by atoms with Crippen LogP contribution < -0.4 is 4.90 Å². The van der Waals surface area contributed by atoms with E-state index in [-0.39, 0.29) is 12.2 Å². The van der Waals surface area contributed by atoms with Crippen LogP contribution in [0.3, 0.4) is 0 Å². The van der Waals surface area contributed by atoms with Crippen LogP contribution in [0.2, 0.25) is 0 Å². The van der Waals surface area contributed by atoms with E-state index in [1.807, 2.05) is 56.3 Å². The fourth-order valence-corrected chi connectivity index (χ4v) is 4.80. The molecule has 0 spiro atoms. The minimum atomic E-state index is -1.88. The van der Waals surface area contributed by atoms with E-state index in [2.05, 4.69) is 15.9 Å². The molecule has 1 aliphatic heterocycles. The van der Waals surface area contributed by atoms with E-state index in [1.54, 1.807) is 17.0 Å². The van der Waals surface area contributed by atoms with E-state index in [0.29, 0.717) is 22.7 Å². The van der Waals surface area contributed by atoms with Gasteiger partial charge in [0.15, 0.2) is 11.4 Å². The number of carbonyl (C=O) groups is 2. The highest BCUT2D eigenvalue weighted by atomic mass is 79.9. The molecule has 2 aromatic carbocycles. The van der Waals surface area contributed by atoms with E-state index < -0.39 is 11.5 Å². The maximum absolute atomic E-state index is 13.4. The molecular formula is C23H20BrNO3S. The molecule has 6 heteroatoms. The van der Waals surface area contributed by atoms with Crippen molar-refractivity contribution < 1.29 is 14.7 Å². The third kappa shape index (κ3) is 3.68. The van der Waals surface area contributed by atoms with Gasteiger partial charge in [-0.05, 0) is 49.7 Å². The summed E-state index contributed by atoms with van der Waals surface area (Å²) in [5.74, 6) is -0.699. The smallest absolute Gasteiger partial charge is 0.264 e. The van der Waals surface area contributed by atoms with Crippen molar-refractivity contribution in [1.82, 2.24) is 0 Å². The maximum atomic E-state index is 13.4. The summed E-state index contributed by atoms with van der Waals surface area (Å²) in [5, 5.41) is 11.4. The van der Waals surface area contributed by atoms with Crippen LogP contribution in [0, 0.1) is 13.8 Å². The molecule has 1 atom stereocenters. The van der Waals surface area contributed by atoms with Crippen LogP contribution in [-0.4, -0.2) is 16.8 Å². The lowest BCUT2D eigenvalue weighted by Crippen LogP contribution is -2.41. The molecular weight excluding hydrogens is 450 g/mol. The molecule has 3 aromatic rings. The van der Waals surface area contributed by atoms with Crippen LogP contribution in [0.5, 0.6) is 0 Å². The molecule has 1 aliphatic rings. The van der Waals surface area contributed by atoms with Crippen molar-refractivity contribution in [2.24, 2.45) is 0 Å². The number of amides is 1. The van der Waals surface area contributed by atoms with E-state index >= 15 is 0 Å². The number of hydrogen-bond acceptors (Lipinski definition) is 4. The zero-order valence-electron chi connectivity index (χ0n) is 16.1. The van der Waals surface area contributed by atoms with Crippen molar-refractivity contribution >= 4 is 44.6 Å². The van der Waals surface area contributed by atoms with Crippen LogP contribution >= 0.6 is 27.3 Å². The molecule has 0 bridgehead atoms. The van der Waals surface area contributed by atoms with Gasteiger partial charge in [-0.3, -0.25) is 9.59 Å². The Morgan fingerprint density at radius 2 is 1.83 bits per heavy atom. The van der Waals surface area contributed by atoms with Gasteiger partial charge in [0.05, 0.1) is 23.5 Å². The first-order valence-electron chi connectivity index (χ1n) is 9.27. The second-order valence-electron chi connectivity index (χ2n) is 7.41. The lowest BCUT2D eigenvalue weighted by molar-refractivity contribution is -0.136. The molecule has 1 unspecified atom stereocenters. The monoisotopic (exact) mass is 469 g/mol. The topological polar surface area (TPSA) is 57.6 Å². The molecule has 4 nitrogen and oxygen atoms in total. The van der Waals surface area contributed by atoms with Crippen LogP contribution in [0.4, 0.5) is 5.69 Å². The first kappa shape index (κ1) is 20.0. The number of halogens is 1. The van der Waals surface area contributed by atoms with Crippen LogP contribution in [-0.2, 0) is 16.9 Å². The Balaban J connectivity index is 1.71. The average Bonchev–Trinajstić information content (AvgIpc) is 3.20. The number of nitrogens with zero attached hydrogens (tertiary/aromatic N) is 1. The number of rotatable bonds is 5. The minimum absolute atomic E-state index is 0.234. The summed E-state index contributed by atoms with van der Waals surface area (Å²) in [6.45, 7) is 4.27. The molecule has 2 heterocycles. The normalized spacial score (nSPS) is 18.2. The van der Waals surface area contributed by atoms with Crippen molar-refractivity contribution in [3.05, 3.63) is 85.5 Å². The number of Topliss-reactive ketones (excluding diaryl/α,β-unsaturated/α-hetero) is 1. The summed E-state index contributed by atoms with van der Waals surface area (Å²) >= 11 is 4.80. The number of carbonyl (C=O) groups excluding carboxylic acids is 2. The zero-order valence-corrected chi connectivity index (χ0v) is 18.5. The van der Waals surface area contributed by atoms with Gasteiger partial charge >= 0.3 is 0 Å². The van der Waals surface area contributed by atoms with E-state index in [1.165, 1.54) is 11.3 Å². The Morgan fingerprint density at radius 3 is 2.48 bits per heavy atom. The summed E-state index contributed by atoms with van der Waals surface area (Å²) in [5.41, 5.74) is 1.32. The van der Waals surface area contributed by atoms with Gasteiger partial charge in [-0.15, -0.1) is 11.3 Å². The number of fused-ring (bicyclic) bond motifs is 1. The number of thiophene rings is 1. The first-order valence-corrected chi connectivity index (χ1v) is 10.9. The SMILES string of the molecule is Cc1ccc(CN2C(=O)C(O)(CC(=O)c3ccc(C)s3)c3cc(Br)ccc32)cc1. The molecule has 1 N–H and O–H groups in total. The Kier molecular flexibility index (Phi) is 5.19. The second-order valence-corrected chi connectivity index (χ2v) is 9.61. The van der Waals surface area contributed by atoms with Crippen LogP contribution in [0.1, 0.15) is 37.7 Å². The first-order chi connectivity index (χ1) is 13.8. The summed E-state index contributed by atoms with van der Waals surface area (Å²) in [6, 6.07) is 16.9. The van der Waals surface area contributed by atoms with Gasteiger partial charge in [-0.25, -0.2) is 0 Å². The number of anilines is 1. The number of aliphatic hydroxyl groups is 1. The van der Waals surface area contributed by atoms with E-state index in [4.69, 9.17) is 0 Å². The summed E-state index contributed by atoms with van der Waals surface area (Å²) < 4.78 is 0.749. The van der Waals surface area contributed by atoms with Gasteiger partial charge in [0, 0.05) is 14.9 Å². The van der Waals surface area contributed by atoms with Gasteiger partial charge in [0.25, 0.3) is 5.91 Å². The molecule has 0 fully saturated rings. The lowest BCUT2D eigenvalue weighted by atomic mass is 9.89. The molecule has 1 aromatic heterocycles. The molecule has 0 aliphatic carbocycles. The number of aryl methyl sites for hydroxylation is 2. The molecule has 1 amide bonds. The fraction of sp³-hybridized carbons (Fsp3) is 0.217. The number of ketones is 1. The van der Waals surface area contributed by atoms with Gasteiger partial charge in [0.1, 0.15) is 0 Å². The van der Waals surface area contributed by atoms with E-state index in [0.717, 1.165) is 20.5 Å². The maximum Gasteiger partial charge on any atom is 0.264 e. The Labute approximate surface area is 181 Å². The van der Waals surface area contributed by atoms with Crippen molar-refractivity contribution in [3.8, 4) is 0 Å². The van der Waals surface area contributed by atoms with Crippen molar-refractivity contribution in [1.29, 1.82) is 0 Å². The van der Waals surface area contributed by atoms with Crippen molar-refractivity contribution in [2.45, 2.75) is 32.4 Å². The van der Waals surface area contributed by atoms with E-state index in [9.17, 15) is 14.7 Å². The highest BCUT2D eigenvalue weighted by Gasteiger charge is 2.51. The Bertz CT molecular complexity index is 1110. The molecule has 0 saturated carbocycles. The average molecular weight is 470 g/mol. The highest BCUT2D eigenvalue weighted by molar-refractivity contribution is 9.10. The van der Waals surface area contributed by atoms with Crippen LogP contribution in [0.25, 0.3) is 0 Å². The predicted octanol–water partition coefficient (Wildman–Crippen LogP) is 5.13. The summed E-state index contributed by atoms with van der Waals surface area (Å²) in [7, 11) is 0. The Hall–Kier alpha value is -2.28. The second kappa shape index (κ2) is 7.52. The predicted molar refractivity (Wildman–Crippen MR) is 118 cm³/mol. The molecule has 4 rings (SSSR count). The molecule has 148 valence electrons. The third-order valence-electron chi connectivity index (χ3n) is 5.19. The molecule has 0 saturated heterocycles. The van der Waals surface area contributed by atoms with Gasteiger partial charge in [-0.1, -0.05) is 45.8 Å². The number of benzene rings is 2. The Morgan fingerprint density at radius 1 is 1.10 bits per heavy atom. The zero-order chi connectivity index (χ0) is 20.8. The van der Waals surface area contributed by atoms with Gasteiger partial charge < -0.3 is 10.0 Å². The largest absolute Gasteiger partial charge is 0.375 e. The van der Waals surface area contributed by atoms with Crippen molar-refractivity contribution in [2.75, 3.05) is 4.90 Å². The molecule has 29 heavy (non-hydrogen) atoms. The van der Waals surface area contributed by atoms with Crippen LogP contribution in [0.15, 0.2) is 59.1 Å². The highest BCUT2D eigenvalue weighted by Crippen LogP contribution is 2.45. The summed E-state index contributed by atoms with van der Waals surface area (Å²) in [4.78, 5) is 29.3. The minimum Gasteiger partial charge on any atom is -0.375 e. The molecule has 0 radical (unpaired) electrons. The quantitative estimate of drug-likeness (QED) is 0.526.